The summed E-state index contributed by atoms with van der Waals surface area (Å²) < 4.78 is 4.91. The van der Waals surface area contributed by atoms with Crippen molar-refractivity contribution >= 4 is 6.09 Å². The van der Waals surface area contributed by atoms with Gasteiger partial charge in [0.05, 0.1) is 0 Å². The summed E-state index contributed by atoms with van der Waals surface area (Å²) in [5.74, 6) is 0. The average Bonchev–Trinajstić information content (AvgIpc) is 2.05. The van der Waals surface area contributed by atoms with Crippen molar-refractivity contribution in [3.05, 3.63) is 37.0 Å². The zero-order chi connectivity index (χ0) is 9.03. The van der Waals surface area contributed by atoms with Crippen molar-refractivity contribution < 1.29 is 9.53 Å². The fourth-order valence-electron chi connectivity index (χ4n) is 1.07. The summed E-state index contributed by atoms with van der Waals surface area (Å²) in [6.07, 6.45) is 8.71. The molecule has 0 aliphatic heterocycles. The lowest BCUT2D eigenvalue weighted by Gasteiger charge is -2.26. The molecule has 1 unspecified atom stereocenters. The van der Waals surface area contributed by atoms with Crippen molar-refractivity contribution in [1.29, 1.82) is 0 Å². The Hall–Kier alpha value is -1.51. The van der Waals surface area contributed by atoms with Gasteiger partial charge in [-0.05, 0) is 12.2 Å². The number of ether oxygens (including phenoxy) is 1. The summed E-state index contributed by atoms with van der Waals surface area (Å²) in [6.45, 7) is 3.59. The number of carbonyl (C=O) groups is 1. The molecule has 1 rings (SSSR count). The largest absolute Gasteiger partial charge is 0.434 e. The van der Waals surface area contributed by atoms with Gasteiger partial charge in [0.15, 0.2) is 5.60 Å². The molecule has 0 aromatic carbocycles. The lowest BCUT2D eigenvalue weighted by molar-refractivity contribution is 0.0878. The van der Waals surface area contributed by atoms with E-state index in [2.05, 4.69) is 6.58 Å². The van der Waals surface area contributed by atoms with E-state index in [1.807, 2.05) is 12.2 Å². The first-order chi connectivity index (χ1) is 5.68. The number of primary amides is 1. The summed E-state index contributed by atoms with van der Waals surface area (Å²) in [5, 5.41) is 0. The molecule has 1 aliphatic carbocycles. The highest BCUT2D eigenvalue weighted by Crippen LogP contribution is 2.23. The van der Waals surface area contributed by atoms with Gasteiger partial charge in [0.2, 0.25) is 0 Å². The normalized spacial score (nSPS) is 26.7. The van der Waals surface area contributed by atoms with Gasteiger partial charge in [0, 0.05) is 6.42 Å². The third-order valence-corrected chi connectivity index (χ3v) is 1.70. The van der Waals surface area contributed by atoms with E-state index in [0.29, 0.717) is 6.42 Å². The zero-order valence-electron chi connectivity index (χ0n) is 6.69. The highest BCUT2D eigenvalue weighted by Gasteiger charge is 2.26. The van der Waals surface area contributed by atoms with E-state index in [1.54, 1.807) is 18.2 Å². The van der Waals surface area contributed by atoms with Crippen LogP contribution in [0.1, 0.15) is 6.42 Å². The Labute approximate surface area is 71.2 Å². The molecule has 0 aromatic heterocycles. The van der Waals surface area contributed by atoms with E-state index >= 15 is 0 Å². The van der Waals surface area contributed by atoms with Crippen LogP contribution in [0.3, 0.4) is 0 Å². The number of amides is 1. The topological polar surface area (TPSA) is 52.3 Å². The van der Waals surface area contributed by atoms with Crippen LogP contribution in [-0.2, 0) is 4.74 Å². The molecular weight excluding hydrogens is 154 g/mol. The van der Waals surface area contributed by atoms with Gasteiger partial charge in [0.25, 0.3) is 0 Å². The highest BCUT2D eigenvalue weighted by atomic mass is 16.6. The minimum absolute atomic E-state index is 0.593. The van der Waals surface area contributed by atoms with Crippen LogP contribution in [0.25, 0.3) is 0 Å². The molecule has 0 saturated carbocycles. The number of allylic oxidation sites excluding steroid dienone is 2. The van der Waals surface area contributed by atoms with Crippen molar-refractivity contribution in [3.63, 3.8) is 0 Å². The van der Waals surface area contributed by atoms with Crippen LogP contribution >= 0.6 is 0 Å². The first kappa shape index (κ1) is 8.59. The smallest absolute Gasteiger partial charge is 0.405 e. The lowest BCUT2D eigenvalue weighted by atomic mass is 9.95. The minimum Gasteiger partial charge on any atom is -0.434 e. The second kappa shape index (κ2) is 3.26. The van der Waals surface area contributed by atoms with Gasteiger partial charge < -0.3 is 10.5 Å². The first-order valence-corrected chi connectivity index (χ1v) is 3.65. The Balaban J connectivity index is 2.76. The van der Waals surface area contributed by atoms with E-state index in [0.717, 1.165) is 0 Å². The fourth-order valence-corrected chi connectivity index (χ4v) is 1.07. The van der Waals surface area contributed by atoms with E-state index in [1.165, 1.54) is 0 Å². The van der Waals surface area contributed by atoms with Crippen molar-refractivity contribution in [1.82, 2.24) is 0 Å². The van der Waals surface area contributed by atoms with Gasteiger partial charge >= 0.3 is 6.09 Å². The standard InChI is InChI=1S/C9H11NO2/c1-2-9(12-8(10)11)6-4-3-5-7-9/h2-6H,1,7H2,(H2,10,11). The molecule has 0 bridgehead atoms. The van der Waals surface area contributed by atoms with Gasteiger partial charge in [-0.1, -0.05) is 24.8 Å². The molecule has 12 heavy (non-hydrogen) atoms. The molecule has 1 aliphatic rings. The Bertz CT molecular complexity index is 255. The molecule has 2 N–H and O–H groups in total. The van der Waals surface area contributed by atoms with Crippen LogP contribution in [0.5, 0.6) is 0 Å². The van der Waals surface area contributed by atoms with Gasteiger partial charge in [-0.3, -0.25) is 0 Å². The minimum atomic E-state index is -0.783. The molecule has 0 radical (unpaired) electrons. The fraction of sp³-hybridized carbons (Fsp3) is 0.222. The molecule has 1 atom stereocenters. The zero-order valence-corrected chi connectivity index (χ0v) is 6.69. The first-order valence-electron chi connectivity index (χ1n) is 3.65. The second-order valence-electron chi connectivity index (χ2n) is 2.57. The van der Waals surface area contributed by atoms with Crippen LogP contribution in [0.4, 0.5) is 4.79 Å². The van der Waals surface area contributed by atoms with E-state index < -0.39 is 11.7 Å². The molecule has 1 amide bonds. The second-order valence-corrected chi connectivity index (χ2v) is 2.57. The molecular formula is C9H11NO2. The van der Waals surface area contributed by atoms with Crippen molar-refractivity contribution in [3.8, 4) is 0 Å². The number of carbonyl (C=O) groups excluding carboxylic acids is 1. The molecule has 0 fully saturated rings. The molecule has 3 nitrogen and oxygen atoms in total. The number of nitrogens with two attached hydrogens (primary N) is 1. The summed E-state index contributed by atoms with van der Waals surface area (Å²) in [7, 11) is 0. The van der Waals surface area contributed by atoms with Crippen LogP contribution < -0.4 is 5.73 Å². The Morgan fingerprint density at radius 2 is 2.42 bits per heavy atom. The van der Waals surface area contributed by atoms with Gasteiger partial charge in [0.1, 0.15) is 0 Å². The summed E-state index contributed by atoms with van der Waals surface area (Å²) >= 11 is 0. The summed E-state index contributed by atoms with van der Waals surface area (Å²) in [5.41, 5.74) is 4.18. The Kier molecular flexibility index (Phi) is 2.33. The highest BCUT2D eigenvalue weighted by molar-refractivity contribution is 5.66. The van der Waals surface area contributed by atoms with Crippen molar-refractivity contribution in [2.45, 2.75) is 12.0 Å². The summed E-state index contributed by atoms with van der Waals surface area (Å²) in [6, 6.07) is 0. The van der Waals surface area contributed by atoms with Crippen LogP contribution in [0.15, 0.2) is 37.0 Å². The molecule has 0 spiro atoms. The van der Waals surface area contributed by atoms with Gasteiger partial charge in [-0.2, -0.15) is 0 Å². The number of rotatable bonds is 2. The van der Waals surface area contributed by atoms with Crippen molar-refractivity contribution in [2.75, 3.05) is 0 Å². The van der Waals surface area contributed by atoms with Crippen molar-refractivity contribution in [2.24, 2.45) is 5.73 Å². The number of hydrogen-bond acceptors (Lipinski definition) is 2. The maximum Gasteiger partial charge on any atom is 0.405 e. The maximum atomic E-state index is 10.5. The molecule has 3 heteroatoms. The maximum absolute atomic E-state index is 10.5. The molecule has 0 saturated heterocycles. The van der Waals surface area contributed by atoms with E-state index in [9.17, 15) is 4.79 Å². The third-order valence-electron chi connectivity index (χ3n) is 1.70. The number of hydrogen-bond donors (Lipinski definition) is 1. The molecule has 0 heterocycles. The van der Waals surface area contributed by atoms with Gasteiger partial charge in [-0.15, -0.1) is 0 Å². The third kappa shape index (κ3) is 1.75. The predicted octanol–water partition coefficient (Wildman–Crippen LogP) is 1.52. The molecule has 0 aromatic rings. The average molecular weight is 165 g/mol. The van der Waals surface area contributed by atoms with E-state index in [4.69, 9.17) is 10.5 Å². The Morgan fingerprint density at radius 3 is 2.83 bits per heavy atom. The van der Waals surface area contributed by atoms with Crippen LogP contribution in [-0.4, -0.2) is 11.7 Å². The Morgan fingerprint density at radius 1 is 1.67 bits per heavy atom. The van der Waals surface area contributed by atoms with Gasteiger partial charge in [-0.25, -0.2) is 4.79 Å². The predicted molar refractivity (Wildman–Crippen MR) is 46.5 cm³/mol. The summed E-state index contributed by atoms with van der Waals surface area (Å²) in [4.78, 5) is 10.5. The monoisotopic (exact) mass is 165 g/mol. The molecule has 64 valence electrons. The van der Waals surface area contributed by atoms with Crippen LogP contribution in [0.2, 0.25) is 0 Å². The van der Waals surface area contributed by atoms with E-state index in [-0.39, 0.29) is 0 Å². The quantitative estimate of drug-likeness (QED) is 0.631. The lowest BCUT2D eigenvalue weighted by Crippen LogP contribution is -2.33. The SMILES string of the molecule is C=CC1(OC(N)=O)C=CC=CC1. The van der Waals surface area contributed by atoms with Crippen LogP contribution in [0, 0.1) is 0 Å².